The van der Waals surface area contributed by atoms with Gasteiger partial charge in [0.15, 0.2) is 0 Å². The van der Waals surface area contributed by atoms with Gasteiger partial charge in [-0.1, -0.05) is 23.7 Å². The average Bonchev–Trinajstić information content (AvgIpc) is 2.88. The molecule has 0 unspecified atom stereocenters. The lowest BCUT2D eigenvalue weighted by molar-refractivity contribution is -0.131. The van der Waals surface area contributed by atoms with Gasteiger partial charge in [-0.15, -0.1) is 11.3 Å². The first kappa shape index (κ1) is 14.3. The van der Waals surface area contributed by atoms with Crippen LogP contribution < -0.4 is 5.32 Å². The van der Waals surface area contributed by atoms with Gasteiger partial charge < -0.3 is 10.4 Å². The molecule has 1 aromatic carbocycles. The van der Waals surface area contributed by atoms with E-state index in [-0.39, 0.29) is 5.91 Å². The number of thiophene rings is 1. The lowest BCUT2D eigenvalue weighted by Gasteiger charge is -2.04. The fourth-order valence-corrected chi connectivity index (χ4v) is 2.45. The summed E-state index contributed by atoms with van der Waals surface area (Å²) in [5.41, 5.74) is 0.537. The van der Waals surface area contributed by atoms with Crippen LogP contribution >= 0.6 is 22.9 Å². The van der Waals surface area contributed by atoms with Gasteiger partial charge in [0.25, 0.3) is 5.91 Å². The van der Waals surface area contributed by atoms with Crippen LogP contribution in [-0.2, 0) is 4.79 Å². The lowest BCUT2D eigenvalue weighted by Crippen LogP contribution is -2.10. The fraction of sp³-hybridized carbons (Fsp3) is 0. The molecule has 0 aliphatic rings. The number of para-hydroxylation sites is 1. The van der Waals surface area contributed by atoms with E-state index in [9.17, 15) is 9.59 Å². The van der Waals surface area contributed by atoms with Crippen LogP contribution in [0.5, 0.6) is 0 Å². The number of hydrogen-bond donors (Lipinski definition) is 2. The number of halogens is 1. The van der Waals surface area contributed by atoms with Crippen molar-refractivity contribution in [2.75, 3.05) is 5.32 Å². The predicted molar refractivity (Wildman–Crippen MR) is 80.4 cm³/mol. The van der Waals surface area contributed by atoms with Crippen molar-refractivity contribution < 1.29 is 14.7 Å². The summed E-state index contributed by atoms with van der Waals surface area (Å²) in [6, 6.07) is 10.3. The number of rotatable bonds is 4. The Bertz CT molecular complexity index is 679. The number of nitrogens with one attached hydrogen (secondary N) is 1. The summed E-state index contributed by atoms with van der Waals surface area (Å²) in [6.45, 7) is 0. The topological polar surface area (TPSA) is 66.4 Å². The molecule has 0 saturated carbocycles. The largest absolute Gasteiger partial charge is 0.478 e. The molecule has 20 heavy (non-hydrogen) atoms. The molecule has 102 valence electrons. The summed E-state index contributed by atoms with van der Waals surface area (Å²) in [5, 5.41) is 11.7. The Morgan fingerprint density at radius 2 is 1.95 bits per heavy atom. The number of amides is 1. The van der Waals surface area contributed by atoms with Crippen molar-refractivity contribution in [3.63, 3.8) is 0 Å². The second-order valence-electron chi connectivity index (χ2n) is 3.81. The van der Waals surface area contributed by atoms with Gasteiger partial charge in [-0.2, -0.15) is 0 Å². The maximum absolute atomic E-state index is 12.0. The number of carboxylic acid groups (broad SMARTS) is 1. The molecule has 0 fully saturated rings. The predicted octanol–water partition coefficient (Wildman–Crippen LogP) is 3.75. The molecule has 0 aliphatic carbocycles. The van der Waals surface area contributed by atoms with Crippen LogP contribution in [0.2, 0.25) is 5.02 Å². The summed E-state index contributed by atoms with van der Waals surface area (Å²) < 4.78 is 0. The average molecular weight is 308 g/mol. The molecule has 2 aromatic rings. The Hall–Kier alpha value is -2.11. The molecule has 2 rings (SSSR count). The summed E-state index contributed by atoms with van der Waals surface area (Å²) >= 11 is 7.16. The standard InChI is InChI=1S/C14H10ClNO3S/c15-10-3-1-2-4-11(10)16-14(19)12-7-5-9(20-12)6-8-13(17)18/h1-8H,(H,16,19)(H,17,18). The van der Waals surface area contributed by atoms with Crippen LogP contribution in [0.4, 0.5) is 5.69 Å². The van der Waals surface area contributed by atoms with Crippen molar-refractivity contribution in [1.82, 2.24) is 0 Å². The Kier molecular flexibility index (Phi) is 4.55. The third-order valence-electron chi connectivity index (χ3n) is 2.36. The highest BCUT2D eigenvalue weighted by atomic mass is 35.5. The van der Waals surface area contributed by atoms with E-state index in [0.717, 1.165) is 6.08 Å². The van der Waals surface area contributed by atoms with Crippen LogP contribution in [0.25, 0.3) is 6.08 Å². The van der Waals surface area contributed by atoms with Crippen LogP contribution in [0.1, 0.15) is 14.5 Å². The Morgan fingerprint density at radius 3 is 2.65 bits per heavy atom. The molecule has 0 radical (unpaired) electrons. The Balaban J connectivity index is 2.10. The van der Waals surface area contributed by atoms with E-state index in [1.807, 2.05) is 0 Å². The Labute approximate surface area is 124 Å². The molecule has 1 amide bonds. The zero-order chi connectivity index (χ0) is 14.5. The second kappa shape index (κ2) is 6.36. The zero-order valence-corrected chi connectivity index (χ0v) is 11.7. The SMILES string of the molecule is O=C(O)C=Cc1ccc(C(=O)Nc2ccccc2Cl)s1. The second-order valence-corrected chi connectivity index (χ2v) is 5.33. The number of aliphatic carboxylic acids is 1. The van der Waals surface area contributed by atoms with Gasteiger partial charge in [0.2, 0.25) is 0 Å². The van der Waals surface area contributed by atoms with Crippen molar-refractivity contribution in [1.29, 1.82) is 0 Å². The van der Waals surface area contributed by atoms with Gasteiger partial charge in [-0.25, -0.2) is 4.79 Å². The van der Waals surface area contributed by atoms with E-state index < -0.39 is 5.97 Å². The molecule has 1 aromatic heterocycles. The third-order valence-corrected chi connectivity index (χ3v) is 3.74. The number of hydrogen-bond acceptors (Lipinski definition) is 3. The highest BCUT2D eigenvalue weighted by Gasteiger charge is 2.10. The molecule has 0 atom stereocenters. The third kappa shape index (κ3) is 3.69. The van der Waals surface area contributed by atoms with Gasteiger partial charge in [0.1, 0.15) is 0 Å². The summed E-state index contributed by atoms with van der Waals surface area (Å²) in [4.78, 5) is 23.6. The molecular formula is C14H10ClNO3S. The first-order chi connectivity index (χ1) is 9.56. The molecule has 0 saturated heterocycles. The molecule has 0 spiro atoms. The van der Waals surface area contributed by atoms with Crippen LogP contribution in [0.3, 0.4) is 0 Å². The van der Waals surface area contributed by atoms with Gasteiger partial charge in [-0.05, 0) is 30.3 Å². The van der Waals surface area contributed by atoms with Gasteiger partial charge in [0, 0.05) is 11.0 Å². The normalized spacial score (nSPS) is 10.7. The smallest absolute Gasteiger partial charge is 0.328 e. The highest BCUT2D eigenvalue weighted by molar-refractivity contribution is 7.15. The minimum absolute atomic E-state index is 0.280. The maximum atomic E-state index is 12.0. The Morgan fingerprint density at radius 1 is 1.20 bits per heavy atom. The van der Waals surface area contributed by atoms with E-state index in [1.165, 1.54) is 17.4 Å². The molecule has 6 heteroatoms. The summed E-state index contributed by atoms with van der Waals surface area (Å²) in [5.74, 6) is -1.31. The zero-order valence-electron chi connectivity index (χ0n) is 10.2. The molecule has 0 aliphatic heterocycles. The number of carboxylic acids is 1. The highest BCUT2D eigenvalue weighted by Crippen LogP contribution is 2.23. The van der Waals surface area contributed by atoms with Crippen molar-refractivity contribution in [3.05, 3.63) is 57.3 Å². The van der Waals surface area contributed by atoms with E-state index in [1.54, 1.807) is 36.4 Å². The number of anilines is 1. The van der Waals surface area contributed by atoms with E-state index >= 15 is 0 Å². The quantitative estimate of drug-likeness (QED) is 0.845. The summed E-state index contributed by atoms with van der Waals surface area (Å²) in [6.07, 6.45) is 2.47. The molecular weight excluding hydrogens is 298 g/mol. The van der Waals surface area contributed by atoms with E-state index in [2.05, 4.69) is 5.32 Å². The molecule has 1 heterocycles. The minimum Gasteiger partial charge on any atom is -0.478 e. The van der Waals surface area contributed by atoms with Gasteiger partial charge >= 0.3 is 5.97 Å². The first-order valence-electron chi connectivity index (χ1n) is 5.63. The molecule has 2 N–H and O–H groups in total. The minimum atomic E-state index is -1.03. The number of benzene rings is 1. The van der Waals surface area contributed by atoms with Crippen LogP contribution in [-0.4, -0.2) is 17.0 Å². The van der Waals surface area contributed by atoms with Crippen molar-refractivity contribution >= 4 is 46.6 Å². The molecule has 0 bridgehead atoms. The van der Waals surface area contributed by atoms with E-state index in [4.69, 9.17) is 16.7 Å². The van der Waals surface area contributed by atoms with Gasteiger partial charge in [0.05, 0.1) is 15.6 Å². The van der Waals surface area contributed by atoms with Gasteiger partial charge in [-0.3, -0.25) is 4.79 Å². The molecule has 4 nitrogen and oxygen atoms in total. The van der Waals surface area contributed by atoms with Crippen molar-refractivity contribution in [2.24, 2.45) is 0 Å². The summed E-state index contributed by atoms with van der Waals surface area (Å²) in [7, 11) is 0. The van der Waals surface area contributed by atoms with Crippen LogP contribution in [0, 0.1) is 0 Å². The number of carbonyl (C=O) groups is 2. The monoisotopic (exact) mass is 307 g/mol. The first-order valence-corrected chi connectivity index (χ1v) is 6.82. The van der Waals surface area contributed by atoms with Crippen molar-refractivity contribution in [3.8, 4) is 0 Å². The maximum Gasteiger partial charge on any atom is 0.328 e. The lowest BCUT2D eigenvalue weighted by atomic mass is 10.3. The van der Waals surface area contributed by atoms with E-state index in [0.29, 0.717) is 20.5 Å². The van der Waals surface area contributed by atoms with Crippen molar-refractivity contribution in [2.45, 2.75) is 0 Å². The fourth-order valence-electron chi connectivity index (χ4n) is 1.46. The van der Waals surface area contributed by atoms with Crippen LogP contribution in [0.15, 0.2) is 42.5 Å². The number of carbonyl (C=O) groups excluding carboxylic acids is 1.